The van der Waals surface area contributed by atoms with Crippen molar-refractivity contribution in [1.29, 1.82) is 0 Å². The molecule has 2 N–H and O–H groups in total. The van der Waals surface area contributed by atoms with Gasteiger partial charge in [-0.05, 0) is 31.0 Å². The number of nitrogens with one attached hydrogen (secondary N) is 1. The molecule has 0 unspecified atom stereocenters. The maximum Gasteiger partial charge on any atom is 0.241 e. The van der Waals surface area contributed by atoms with Crippen molar-refractivity contribution < 1.29 is 13.5 Å². The van der Waals surface area contributed by atoms with E-state index in [2.05, 4.69) is 4.72 Å². The molecule has 1 aromatic heterocycles. The minimum Gasteiger partial charge on any atom is -0.392 e. The summed E-state index contributed by atoms with van der Waals surface area (Å²) in [5.74, 6) is 0. The Labute approximate surface area is 123 Å². The first kappa shape index (κ1) is 15.2. The number of sulfonamides is 1. The maximum atomic E-state index is 12.3. The average molecular weight is 311 g/mol. The van der Waals surface area contributed by atoms with E-state index in [1.165, 1.54) is 11.3 Å². The highest BCUT2D eigenvalue weighted by molar-refractivity contribution is 7.89. The molecule has 0 fully saturated rings. The van der Waals surface area contributed by atoms with Gasteiger partial charge in [-0.1, -0.05) is 24.3 Å². The average Bonchev–Trinajstić information content (AvgIpc) is 2.76. The molecule has 1 aromatic carbocycles. The fourth-order valence-corrected chi connectivity index (χ4v) is 4.57. The van der Waals surface area contributed by atoms with Crippen LogP contribution in [0.15, 0.2) is 35.2 Å². The first-order chi connectivity index (χ1) is 9.44. The summed E-state index contributed by atoms with van der Waals surface area (Å²) in [6, 6.07) is 8.91. The van der Waals surface area contributed by atoms with E-state index in [4.69, 9.17) is 0 Å². The van der Waals surface area contributed by atoms with Gasteiger partial charge in [0.2, 0.25) is 10.0 Å². The van der Waals surface area contributed by atoms with Crippen LogP contribution in [0.4, 0.5) is 0 Å². The number of benzene rings is 1. The standard InChI is InChI=1S/C14H17NO3S2/c1-10-7-14(11(2)19-10)20(17,18)15-8-12-5-3-4-6-13(12)9-16/h3-7,15-16H,8-9H2,1-2H3. The third-order valence-electron chi connectivity index (χ3n) is 3.03. The molecule has 4 nitrogen and oxygen atoms in total. The first-order valence-corrected chi connectivity index (χ1v) is 8.48. The molecule has 0 aliphatic heterocycles. The van der Waals surface area contributed by atoms with Crippen molar-refractivity contribution in [2.75, 3.05) is 0 Å². The van der Waals surface area contributed by atoms with E-state index in [1.54, 1.807) is 25.1 Å². The molecule has 0 spiro atoms. The normalized spacial score (nSPS) is 11.8. The van der Waals surface area contributed by atoms with Crippen LogP contribution in [0.5, 0.6) is 0 Å². The summed E-state index contributed by atoms with van der Waals surface area (Å²) in [7, 11) is -3.51. The summed E-state index contributed by atoms with van der Waals surface area (Å²) < 4.78 is 27.1. The van der Waals surface area contributed by atoms with Crippen molar-refractivity contribution in [3.05, 3.63) is 51.2 Å². The molecule has 1 heterocycles. The van der Waals surface area contributed by atoms with Crippen LogP contribution in [0.1, 0.15) is 20.9 Å². The molecule has 2 aromatic rings. The number of thiophene rings is 1. The Bertz CT molecular complexity index is 705. The van der Waals surface area contributed by atoms with Crippen LogP contribution >= 0.6 is 11.3 Å². The Morgan fingerprint density at radius 3 is 2.40 bits per heavy atom. The SMILES string of the molecule is Cc1cc(S(=O)(=O)NCc2ccccc2CO)c(C)s1. The Balaban J connectivity index is 2.20. The quantitative estimate of drug-likeness (QED) is 0.890. The first-order valence-electron chi connectivity index (χ1n) is 6.18. The number of aryl methyl sites for hydroxylation is 2. The van der Waals surface area contributed by atoms with Gasteiger partial charge < -0.3 is 5.11 Å². The predicted octanol–water partition coefficient (Wildman–Crippen LogP) is 2.34. The van der Waals surface area contributed by atoms with E-state index in [9.17, 15) is 13.5 Å². The lowest BCUT2D eigenvalue weighted by atomic mass is 10.1. The fraction of sp³-hybridized carbons (Fsp3) is 0.286. The molecular formula is C14H17NO3S2. The molecule has 0 saturated heterocycles. The van der Waals surface area contributed by atoms with E-state index in [0.717, 1.165) is 20.9 Å². The van der Waals surface area contributed by atoms with Crippen molar-refractivity contribution in [1.82, 2.24) is 4.72 Å². The molecule has 20 heavy (non-hydrogen) atoms. The highest BCUT2D eigenvalue weighted by Crippen LogP contribution is 2.25. The van der Waals surface area contributed by atoms with Gasteiger partial charge in [0.1, 0.15) is 0 Å². The molecule has 0 aliphatic carbocycles. The minimum atomic E-state index is -3.51. The van der Waals surface area contributed by atoms with Crippen LogP contribution < -0.4 is 4.72 Å². The Hall–Kier alpha value is -1.21. The topological polar surface area (TPSA) is 66.4 Å². The van der Waals surface area contributed by atoms with Gasteiger partial charge in [0.15, 0.2) is 0 Å². The molecule has 0 radical (unpaired) electrons. The summed E-state index contributed by atoms with van der Waals surface area (Å²) in [5, 5.41) is 9.24. The van der Waals surface area contributed by atoms with Crippen LogP contribution in [0.25, 0.3) is 0 Å². The molecule has 0 aliphatic rings. The van der Waals surface area contributed by atoms with E-state index >= 15 is 0 Å². The highest BCUT2D eigenvalue weighted by atomic mass is 32.2. The number of hydrogen-bond donors (Lipinski definition) is 2. The second-order valence-electron chi connectivity index (χ2n) is 4.53. The van der Waals surface area contributed by atoms with E-state index in [1.807, 2.05) is 19.1 Å². The van der Waals surface area contributed by atoms with Gasteiger partial charge in [-0.3, -0.25) is 0 Å². The number of aliphatic hydroxyl groups is 1. The number of aliphatic hydroxyl groups excluding tert-OH is 1. The molecule has 0 atom stereocenters. The van der Waals surface area contributed by atoms with E-state index in [0.29, 0.717) is 4.90 Å². The van der Waals surface area contributed by atoms with Gasteiger partial charge in [0, 0.05) is 16.3 Å². The van der Waals surface area contributed by atoms with Crippen molar-refractivity contribution in [2.45, 2.75) is 31.9 Å². The molecule has 6 heteroatoms. The lowest BCUT2D eigenvalue weighted by molar-refractivity contribution is 0.280. The summed E-state index contributed by atoms with van der Waals surface area (Å²) in [6.07, 6.45) is 0. The second kappa shape index (κ2) is 6.05. The molecule has 0 amide bonds. The summed E-state index contributed by atoms with van der Waals surface area (Å²) in [6.45, 7) is 3.76. The maximum absolute atomic E-state index is 12.3. The van der Waals surface area contributed by atoms with Gasteiger partial charge >= 0.3 is 0 Å². The smallest absolute Gasteiger partial charge is 0.241 e. The van der Waals surface area contributed by atoms with Crippen LogP contribution in [-0.4, -0.2) is 13.5 Å². The minimum absolute atomic E-state index is 0.103. The van der Waals surface area contributed by atoms with Crippen LogP contribution in [0, 0.1) is 13.8 Å². The molecule has 0 saturated carbocycles. The van der Waals surface area contributed by atoms with Crippen LogP contribution in [0.3, 0.4) is 0 Å². The zero-order valence-electron chi connectivity index (χ0n) is 11.4. The highest BCUT2D eigenvalue weighted by Gasteiger charge is 2.19. The predicted molar refractivity (Wildman–Crippen MR) is 80.2 cm³/mol. The van der Waals surface area contributed by atoms with E-state index in [-0.39, 0.29) is 13.2 Å². The third kappa shape index (κ3) is 3.27. The monoisotopic (exact) mass is 311 g/mol. The third-order valence-corrected chi connectivity index (χ3v) is 5.65. The lowest BCUT2D eigenvalue weighted by Crippen LogP contribution is -2.24. The van der Waals surface area contributed by atoms with Gasteiger partial charge in [-0.15, -0.1) is 11.3 Å². The number of hydrogen-bond acceptors (Lipinski definition) is 4. The summed E-state index contributed by atoms with van der Waals surface area (Å²) in [4.78, 5) is 2.09. The Morgan fingerprint density at radius 1 is 1.20 bits per heavy atom. The Kier molecular flexibility index (Phi) is 4.59. The zero-order valence-corrected chi connectivity index (χ0v) is 13.0. The van der Waals surface area contributed by atoms with E-state index < -0.39 is 10.0 Å². The van der Waals surface area contributed by atoms with Crippen LogP contribution in [0.2, 0.25) is 0 Å². The Morgan fingerprint density at radius 2 is 1.85 bits per heavy atom. The van der Waals surface area contributed by atoms with Crippen molar-refractivity contribution in [3.8, 4) is 0 Å². The van der Waals surface area contributed by atoms with Crippen LogP contribution in [-0.2, 0) is 23.2 Å². The zero-order chi connectivity index (χ0) is 14.8. The molecular weight excluding hydrogens is 294 g/mol. The van der Waals surface area contributed by atoms with Gasteiger partial charge in [-0.25, -0.2) is 13.1 Å². The van der Waals surface area contributed by atoms with Gasteiger partial charge in [-0.2, -0.15) is 0 Å². The van der Waals surface area contributed by atoms with Crippen molar-refractivity contribution >= 4 is 21.4 Å². The summed E-state index contributed by atoms with van der Waals surface area (Å²) >= 11 is 1.47. The van der Waals surface area contributed by atoms with Gasteiger partial charge in [0.25, 0.3) is 0 Å². The second-order valence-corrected chi connectivity index (χ2v) is 7.72. The van der Waals surface area contributed by atoms with Crippen molar-refractivity contribution in [3.63, 3.8) is 0 Å². The number of rotatable bonds is 5. The molecule has 0 bridgehead atoms. The summed E-state index contributed by atoms with van der Waals surface area (Å²) in [5.41, 5.74) is 1.51. The molecule has 2 rings (SSSR count). The largest absolute Gasteiger partial charge is 0.392 e. The lowest BCUT2D eigenvalue weighted by Gasteiger charge is -2.09. The fourth-order valence-electron chi connectivity index (χ4n) is 2.01. The van der Waals surface area contributed by atoms with Gasteiger partial charge in [0.05, 0.1) is 11.5 Å². The molecule has 108 valence electrons. The van der Waals surface area contributed by atoms with Crippen molar-refractivity contribution in [2.24, 2.45) is 0 Å².